The predicted octanol–water partition coefficient (Wildman–Crippen LogP) is 1.43. The SMILES string of the molecule is Nc1nnc(SCC(=O)N(Cc2ccccc2)C2CCS(=O)(=O)C2)s1. The molecule has 0 aliphatic carbocycles. The molecule has 0 spiro atoms. The highest BCUT2D eigenvalue weighted by atomic mass is 32.2. The number of rotatable bonds is 6. The standard InChI is InChI=1S/C15H18N4O3S3/c16-14-17-18-15(24-14)23-9-13(20)19(8-11-4-2-1-3-5-11)12-6-7-25(21,22)10-12/h1-5,12H,6-10H2,(H2,16,17). The van der Waals surface area contributed by atoms with Crippen LogP contribution in [0.5, 0.6) is 0 Å². The lowest BCUT2D eigenvalue weighted by Gasteiger charge is -2.28. The van der Waals surface area contributed by atoms with Crippen LogP contribution in [0, 0.1) is 0 Å². The van der Waals surface area contributed by atoms with Gasteiger partial charge in [0.05, 0.1) is 17.3 Å². The van der Waals surface area contributed by atoms with Crippen LogP contribution < -0.4 is 5.73 Å². The van der Waals surface area contributed by atoms with Gasteiger partial charge in [-0.2, -0.15) is 0 Å². The Hall–Kier alpha value is -1.65. The fraction of sp³-hybridized carbons (Fsp3) is 0.400. The molecule has 0 saturated carbocycles. The normalized spacial score (nSPS) is 19.0. The van der Waals surface area contributed by atoms with Crippen molar-refractivity contribution in [1.82, 2.24) is 15.1 Å². The third-order valence-electron chi connectivity index (χ3n) is 3.91. The summed E-state index contributed by atoms with van der Waals surface area (Å²) in [4.78, 5) is 14.4. The van der Waals surface area contributed by atoms with E-state index in [-0.39, 0.29) is 29.2 Å². The van der Waals surface area contributed by atoms with E-state index in [4.69, 9.17) is 5.73 Å². The molecule has 25 heavy (non-hydrogen) atoms. The van der Waals surface area contributed by atoms with Gasteiger partial charge in [0.15, 0.2) is 14.2 Å². The summed E-state index contributed by atoms with van der Waals surface area (Å²) in [5, 5.41) is 7.98. The molecule has 3 rings (SSSR count). The lowest BCUT2D eigenvalue weighted by Crippen LogP contribution is -2.41. The Bertz CT molecular complexity index is 839. The van der Waals surface area contributed by atoms with Gasteiger partial charge in [0.25, 0.3) is 0 Å². The van der Waals surface area contributed by atoms with Crippen LogP contribution in [-0.4, -0.2) is 52.7 Å². The monoisotopic (exact) mass is 398 g/mol. The zero-order valence-electron chi connectivity index (χ0n) is 13.4. The molecule has 1 unspecified atom stereocenters. The number of sulfone groups is 1. The summed E-state index contributed by atoms with van der Waals surface area (Å²) in [5.41, 5.74) is 6.52. The molecule has 1 aliphatic rings. The molecule has 7 nitrogen and oxygen atoms in total. The highest BCUT2D eigenvalue weighted by Gasteiger charge is 2.34. The molecule has 10 heteroatoms. The molecule has 2 N–H and O–H groups in total. The number of carbonyl (C=O) groups is 1. The number of nitrogens with two attached hydrogens (primary N) is 1. The number of anilines is 1. The van der Waals surface area contributed by atoms with Crippen molar-refractivity contribution in [2.24, 2.45) is 0 Å². The summed E-state index contributed by atoms with van der Waals surface area (Å²) < 4.78 is 24.3. The van der Waals surface area contributed by atoms with E-state index < -0.39 is 9.84 Å². The highest BCUT2D eigenvalue weighted by Crippen LogP contribution is 2.26. The zero-order chi connectivity index (χ0) is 17.9. The summed E-state index contributed by atoms with van der Waals surface area (Å²) in [5.74, 6) is 0.237. The van der Waals surface area contributed by atoms with Crippen molar-refractivity contribution in [2.75, 3.05) is 23.0 Å². The van der Waals surface area contributed by atoms with Gasteiger partial charge in [0.2, 0.25) is 11.0 Å². The van der Waals surface area contributed by atoms with Crippen molar-refractivity contribution in [2.45, 2.75) is 23.3 Å². The fourth-order valence-corrected chi connectivity index (χ4v) is 5.96. The van der Waals surface area contributed by atoms with E-state index in [9.17, 15) is 13.2 Å². The number of hydrogen-bond acceptors (Lipinski definition) is 8. The van der Waals surface area contributed by atoms with Crippen LogP contribution in [0.25, 0.3) is 0 Å². The quantitative estimate of drug-likeness (QED) is 0.734. The summed E-state index contributed by atoms with van der Waals surface area (Å²) in [6.45, 7) is 0.401. The van der Waals surface area contributed by atoms with Crippen LogP contribution in [0.2, 0.25) is 0 Å². The first kappa shape index (κ1) is 18.2. The highest BCUT2D eigenvalue weighted by molar-refractivity contribution is 8.01. The molecular formula is C15H18N4O3S3. The van der Waals surface area contributed by atoms with E-state index in [2.05, 4.69) is 10.2 Å². The smallest absolute Gasteiger partial charge is 0.233 e. The maximum Gasteiger partial charge on any atom is 0.233 e. The van der Waals surface area contributed by atoms with E-state index in [1.54, 1.807) is 4.90 Å². The summed E-state index contributed by atoms with van der Waals surface area (Å²) in [7, 11) is -3.07. The van der Waals surface area contributed by atoms with Gasteiger partial charge in [-0.25, -0.2) is 8.42 Å². The number of carbonyl (C=O) groups excluding carboxylic acids is 1. The van der Waals surface area contributed by atoms with E-state index >= 15 is 0 Å². The van der Waals surface area contributed by atoms with Crippen molar-refractivity contribution in [3.05, 3.63) is 35.9 Å². The Balaban J connectivity index is 1.71. The third-order valence-corrected chi connectivity index (χ3v) is 7.53. The van der Waals surface area contributed by atoms with Crippen LogP contribution in [0.1, 0.15) is 12.0 Å². The molecule has 0 radical (unpaired) electrons. The largest absolute Gasteiger partial charge is 0.374 e. The summed E-state index contributed by atoms with van der Waals surface area (Å²) in [6.07, 6.45) is 0.483. The topological polar surface area (TPSA) is 106 Å². The van der Waals surface area contributed by atoms with Crippen LogP contribution in [0.15, 0.2) is 34.7 Å². The number of nitrogen functional groups attached to an aromatic ring is 1. The van der Waals surface area contributed by atoms with Gasteiger partial charge in [-0.3, -0.25) is 4.79 Å². The Morgan fingerprint density at radius 1 is 1.32 bits per heavy atom. The fourth-order valence-electron chi connectivity index (χ4n) is 2.71. The molecule has 2 heterocycles. The van der Waals surface area contributed by atoms with Crippen LogP contribution in [0.4, 0.5) is 5.13 Å². The molecule has 1 saturated heterocycles. The molecule has 1 amide bonds. The minimum Gasteiger partial charge on any atom is -0.374 e. The van der Waals surface area contributed by atoms with Gasteiger partial charge in [-0.1, -0.05) is 53.4 Å². The number of hydrogen-bond donors (Lipinski definition) is 1. The molecular weight excluding hydrogens is 380 g/mol. The Morgan fingerprint density at radius 3 is 2.68 bits per heavy atom. The average Bonchev–Trinajstić information content (AvgIpc) is 3.16. The zero-order valence-corrected chi connectivity index (χ0v) is 15.8. The maximum atomic E-state index is 12.8. The first-order valence-electron chi connectivity index (χ1n) is 7.68. The van der Waals surface area contributed by atoms with Crippen molar-refractivity contribution in [3.8, 4) is 0 Å². The van der Waals surface area contributed by atoms with Gasteiger partial charge in [-0.05, 0) is 12.0 Å². The van der Waals surface area contributed by atoms with Crippen LogP contribution in [0.3, 0.4) is 0 Å². The van der Waals surface area contributed by atoms with Crippen molar-refractivity contribution < 1.29 is 13.2 Å². The predicted molar refractivity (Wildman–Crippen MR) is 99.1 cm³/mol. The van der Waals surface area contributed by atoms with E-state index in [0.717, 1.165) is 5.56 Å². The lowest BCUT2D eigenvalue weighted by molar-refractivity contribution is -0.130. The number of nitrogens with zero attached hydrogens (tertiary/aromatic N) is 3. The van der Waals surface area contributed by atoms with Crippen molar-refractivity contribution in [3.63, 3.8) is 0 Å². The third kappa shape index (κ3) is 4.93. The number of benzene rings is 1. The van der Waals surface area contributed by atoms with Gasteiger partial charge >= 0.3 is 0 Å². The average molecular weight is 399 g/mol. The molecule has 1 atom stereocenters. The molecule has 1 aromatic heterocycles. The second-order valence-electron chi connectivity index (χ2n) is 5.76. The second-order valence-corrected chi connectivity index (χ2v) is 10.2. The first-order chi connectivity index (χ1) is 11.9. The molecule has 1 fully saturated rings. The van der Waals surface area contributed by atoms with Crippen LogP contribution >= 0.6 is 23.1 Å². The lowest BCUT2D eigenvalue weighted by atomic mass is 10.1. The summed E-state index contributed by atoms with van der Waals surface area (Å²) in [6, 6.07) is 9.30. The molecule has 1 aliphatic heterocycles. The maximum absolute atomic E-state index is 12.8. The van der Waals surface area contributed by atoms with Crippen LogP contribution in [-0.2, 0) is 21.2 Å². The second kappa shape index (κ2) is 7.71. The number of aromatic nitrogens is 2. The van der Waals surface area contributed by atoms with Crippen molar-refractivity contribution >= 4 is 44.0 Å². The Morgan fingerprint density at radius 2 is 2.08 bits per heavy atom. The van der Waals surface area contributed by atoms with E-state index in [0.29, 0.717) is 22.4 Å². The van der Waals surface area contributed by atoms with Gasteiger partial charge in [-0.15, -0.1) is 10.2 Å². The molecule has 2 aromatic rings. The summed E-state index contributed by atoms with van der Waals surface area (Å²) >= 11 is 2.50. The number of amides is 1. The van der Waals surface area contributed by atoms with Crippen molar-refractivity contribution in [1.29, 1.82) is 0 Å². The van der Waals surface area contributed by atoms with Gasteiger partial charge in [0.1, 0.15) is 0 Å². The van der Waals surface area contributed by atoms with E-state index in [1.807, 2.05) is 30.3 Å². The molecule has 1 aromatic carbocycles. The van der Waals surface area contributed by atoms with Gasteiger partial charge in [0, 0.05) is 12.6 Å². The number of thioether (sulfide) groups is 1. The Kier molecular flexibility index (Phi) is 5.60. The minimum atomic E-state index is -3.07. The van der Waals surface area contributed by atoms with E-state index in [1.165, 1.54) is 23.1 Å². The molecule has 0 bridgehead atoms. The Labute approximate surface area is 154 Å². The molecule has 134 valence electrons. The minimum absolute atomic E-state index is 0.0298. The van der Waals surface area contributed by atoms with Gasteiger partial charge < -0.3 is 10.6 Å². The first-order valence-corrected chi connectivity index (χ1v) is 11.3.